The highest BCUT2D eigenvalue weighted by molar-refractivity contribution is 7.33. The molecule has 2 aliphatic rings. The van der Waals surface area contributed by atoms with Gasteiger partial charge in [0.1, 0.15) is 18.2 Å². The summed E-state index contributed by atoms with van der Waals surface area (Å²) in [7, 11) is -3.07. The molecule has 194 valence electrons. The minimum absolute atomic E-state index is 0.0201. The Balaban J connectivity index is 1.81. The fourth-order valence-corrected chi connectivity index (χ4v) is 4.75. The van der Waals surface area contributed by atoms with E-state index in [9.17, 15) is 28.8 Å². The molecule has 0 aromatic heterocycles. The van der Waals surface area contributed by atoms with E-state index in [1.165, 1.54) is 11.8 Å². The van der Waals surface area contributed by atoms with Crippen molar-refractivity contribution in [2.24, 2.45) is 5.92 Å². The van der Waals surface area contributed by atoms with Gasteiger partial charge in [-0.2, -0.15) is 0 Å². The zero-order valence-corrected chi connectivity index (χ0v) is 21.2. The van der Waals surface area contributed by atoms with Crippen molar-refractivity contribution in [1.29, 1.82) is 0 Å². The molecule has 3 amide bonds. The van der Waals surface area contributed by atoms with Crippen LogP contribution in [0.1, 0.15) is 72.1 Å². The molecule has 0 spiro atoms. The summed E-state index contributed by atoms with van der Waals surface area (Å²) in [6, 6.07) is -2.04. The van der Waals surface area contributed by atoms with Crippen LogP contribution in [-0.4, -0.2) is 71.1 Å². The standard InChI is InChI=1S/C22H38N3O8P/c1-4-5-10-17(24-19(26)14(2)23-20(27)16-8-6-9-16)13-32-34(31)33-15(3)21(28)25-12-7-11-18(25)22(29)30/h14-18,34H,4-13H2,1-3H3,(H,23,27)(H,24,26)(H,29,30)/t14?,15-,17?,18-/m0/s1. The Morgan fingerprint density at radius 1 is 1.12 bits per heavy atom. The smallest absolute Gasteiger partial charge is 0.326 e. The van der Waals surface area contributed by atoms with Crippen molar-refractivity contribution >= 4 is 31.9 Å². The number of carbonyl (C=O) groups is 4. The van der Waals surface area contributed by atoms with E-state index >= 15 is 0 Å². The second-order valence-electron chi connectivity index (χ2n) is 9.05. The largest absolute Gasteiger partial charge is 0.480 e. The lowest BCUT2D eigenvalue weighted by atomic mass is 9.84. The summed E-state index contributed by atoms with van der Waals surface area (Å²) in [5, 5.41) is 14.8. The minimum atomic E-state index is -3.07. The van der Waals surface area contributed by atoms with Crippen LogP contribution in [-0.2, 0) is 32.8 Å². The van der Waals surface area contributed by atoms with Gasteiger partial charge in [-0.25, -0.2) is 4.79 Å². The van der Waals surface area contributed by atoms with Gasteiger partial charge in [0.15, 0.2) is 0 Å². The number of carboxylic acids is 1. The van der Waals surface area contributed by atoms with E-state index in [4.69, 9.17) is 9.05 Å². The molecule has 3 N–H and O–H groups in total. The van der Waals surface area contributed by atoms with Gasteiger partial charge in [0, 0.05) is 12.5 Å². The number of unbranched alkanes of at least 4 members (excludes halogenated alkanes) is 1. The molecule has 1 aliphatic heterocycles. The van der Waals surface area contributed by atoms with Crippen LogP contribution in [0.3, 0.4) is 0 Å². The highest BCUT2D eigenvalue weighted by Crippen LogP contribution is 2.29. The normalized spacial score (nSPS) is 21.7. The average molecular weight is 504 g/mol. The quantitative estimate of drug-likeness (QED) is 0.304. The zero-order valence-electron chi connectivity index (χ0n) is 20.2. The number of aliphatic carboxylic acids is 1. The molecule has 12 heteroatoms. The number of rotatable bonds is 14. The second-order valence-corrected chi connectivity index (χ2v) is 10.1. The van der Waals surface area contributed by atoms with Gasteiger partial charge in [0.25, 0.3) is 5.91 Å². The van der Waals surface area contributed by atoms with Gasteiger partial charge in [-0.05, 0) is 46.0 Å². The van der Waals surface area contributed by atoms with Crippen molar-refractivity contribution in [3.63, 3.8) is 0 Å². The van der Waals surface area contributed by atoms with E-state index in [2.05, 4.69) is 10.6 Å². The van der Waals surface area contributed by atoms with E-state index in [1.807, 2.05) is 6.92 Å². The summed E-state index contributed by atoms with van der Waals surface area (Å²) in [5.41, 5.74) is 0. The van der Waals surface area contributed by atoms with Crippen LogP contribution in [0.2, 0.25) is 0 Å². The van der Waals surface area contributed by atoms with Crippen LogP contribution < -0.4 is 10.6 Å². The van der Waals surface area contributed by atoms with Crippen LogP contribution in [0.15, 0.2) is 0 Å². The highest BCUT2D eigenvalue weighted by Gasteiger charge is 2.36. The Morgan fingerprint density at radius 3 is 2.41 bits per heavy atom. The first-order valence-electron chi connectivity index (χ1n) is 12.1. The molecular formula is C22H38N3O8P. The number of hydrogen-bond donors (Lipinski definition) is 3. The van der Waals surface area contributed by atoms with Gasteiger partial charge >= 0.3 is 14.2 Å². The molecule has 11 nitrogen and oxygen atoms in total. The third-order valence-electron chi connectivity index (χ3n) is 6.32. The van der Waals surface area contributed by atoms with E-state index in [1.54, 1.807) is 6.92 Å². The van der Waals surface area contributed by atoms with Gasteiger partial charge in [0.2, 0.25) is 11.8 Å². The maximum Gasteiger partial charge on any atom is 0.326 e. The predicted molar refractivity (Wildman–Crippen MR) is 124 cm³/mol. The number of nitrogens with one attached hydrogen (secondary N) is 2. The molecule has 1 saturated heterocycles. The lowest BCUT2D eigenvalue weighted by Gasteiger charge is -2.27. The maximum atomic E-state index is 12.5. The Hall–Kier alpha value is -1.97. The van der Waals surface area contributed by atoms with Crippen molar-refractivity contribution in [2.45, 2.75) is 96.4 Å². The van der Waals surface area contributed by atoms with Crippen molar-refractivity contribution in [1.82, 2.24) is 15.5 Å². The summed E-state index contributed by atoms with van der Waals surface area (Å²) >= 11 is 0. The Labute approximate surface area is 201 Å². The van der Waals surface area contributed by atoms with Crippen molar-refractivity contribution in [3.8, 4) is 0 Å². The maximum absolute atomic E-state index is 12.5. The van der Waals surface area contributed by atoms with Crippen LogP contribution in [0.5, 0.6) is 0 Å². The van der Waals surface area contributed by atoms with E-state index < -0.39 is 44.4 Å². The molecule has 2 rings (SSSR count). The molecule has 0 aromatic carbocycles. The summed E-state index contributed by atoms with van der Waals surface area (Å²) < 4.78 is 22.9. The Bertz CT molecular complexity index is 760. The van der Waals surface area contributed by atoms with Gasteiger partial charge in [0.05, 0.1) is 12.6 Å². The zero-order chi connectivity index (χ0) is 25.3. The molecular weight excluding hydrogens is 465 g/mol. The minimum Gasteiger partial charge on any atom is -0.480 e. The molecule has 5 atom stereocenters. The first-order chi connectivity index (χ1) is 16.1. The van der Waals surface area contributed by atoms with Gasteiger partial charge in [-0.1, -0.05) is 26.2 Å². The number of likely N-dealkylation sites (tertiary alicyclic amines) is 1. The topological polar surface area (TPSA) is 151 Å². The first kappa shape index (κ1) is 28.3. The average Bonchev–Trinajstić information content (AvgIpc) is 3.23. The van der Waals surface area contributed by atoms with Crippen LogP contribution in [0, 0.1) is 5.92 Å². The van der Waals surface area contributed by atoms with Crippen molar-refractivity contribution < 1.29 is 37.9 Å². The predicted octanol–water partition coefficient (Wildman–Crippen LogP) is 1.85. The monoisotopic (exact) mass is 503 g/mol. The molecule has 2 fully saturated rings. The lowest BCUT2D eigenvalue weighted by Crippen LogP contribution is -2.50. The molecule has 0 bridgehead atoms. The number of amides is 3. The lowest BCUT2D eigenvalue weighted by molar-refractivity contribution is -0.151. The summed E-state index contributed by atoms with van der Waals surface area (Å²) in [5.74, 6) is -2.10. The molecule has 0 radical (unpaired) electrons. The number of hydrogen-bond acceptors (Lipinski definition) is 7. The van der Waals surface area contributed by atoms with Crippen LogP contribution in [0.4, 0.5) is 0 Å². The summed E-state index contributed by atoms with van der Waals surface area (Å²) in [6.45, 7) is 5.27. The molecule has 34 heavy (non-hydrogen) atoms. The SMILES string of the molecule is CCCCC(CO[PH](=O)O[C@@H](C)C(=O)N1CCC[C@H]1C(=O)O)NC(=O)C(C)NC(=O)C1CCC1. The van der Waals surface area contributed by atoms with Gasteiger partial charge in [-0.15, -0.1) is 0 Å². The van der Waals surface area contributed by atoms with E-state index in [-0.39, 0.29) is 24.3 Å². The number of carboxylic acid groups (broad SMARTS) is 1. The second kappa shape index (κ2) is 13.8. The third-order valence-corrected chi connectivity index (χ3v) is 7.27. The van der Waals surface area contributed by atoms with E-state index in [0.717, 1.165) is 32.1 Å². The Morgan fingerprint density at radius 2 is 1.82 bits per heavy atom. The highest BCUT2D eigenvalue weighted by atomic mass is 31.1. The molecule has 3 unspecified atom stereocenters. The molecule has 0 aromatic rings. The number of carbonyl (C=O) groups excluding carboxylic acids is 3. The van der Waals surface area contributed by atoms with Crippen LogP contribution >= 0.6 is 8.25 Å². The number of nitrogens with zero attached hydrogens (tertiary/aromatic N) is 1. The molecule has 1 saturated carbocycles. The fourth-order valence-electron chi connectivity index (χ4n) is 3.96. The van der Waals surface area contributed by atoms with Gasteiger partial charge < -0.3 is 25.2 Å². The van der Waals surface area contributed by atoms with Crippen molar-refractivity contribution in [2.75, 3.05) is 13.2 Å². The molecule has 1 aliphatic carbocycles. The third kappa shape index (κ3) is 8.36. The summed E-state index contributed by atoms with van der Waals surface area (Å²) in [6.07, 6.45) is 4.84. The molecule has 1 heterocycles. The fraction of sp³-hybridized carbons (Fsp3) is 0.818. The van der Waals surface area contributed by atoms with Crippen LogP contribution in [0.25, 0.3) is 0 Å². The van der Waals surface area contributed by atoms with E-state index in [0.29, 0.717) is 25.8 Å². The first-order valence-corrected chi connectivity index (χ1v) is 13.3. The summed E-state index contributed by atoms with van der Waals surface area (Å²) in [4.78, 5) is 49.7. The van der Waals surface area contributed by atoms with Gasteiger partial charge in [-0.3, -0.25) is 23.5 Å². The van der Waals surface area contributed by atoms with Crippen molar-refractivity contribution in [3.05, 3.63) is 0 Å². The Kier molecular flexibility index (Phi) is 11.5.